The summed E-state index contributed by atoms with van der Waals surface area (Å²) in [4.78, 5) is 34.5. The second-order valence-electron chi connectivity index (χ2n) is 5.04. The Hall–Kier alpha value is -1.63. The predicted octanol–water partition coefficient (Wildman–Crippen LogP) is -0.101. The van der Waals surface area contributed by atoms with E-state index in [1.165, 1.54) is 7.11 Å². The van der Waals surface area contributed by atoms with E-state index >= 15 is 0 Å². The highest BCUT2D eigenvalue weighted by Gasteiger charge is 2.40. The van der Waals surface area contributed by atoms with Crippen LogP contribution >= 0.6 is 0 Å². The topological polar surface area (TPSA) is 105 Å². The van der Waals surface area contributed by atoms with Crippen LogP contribution in [0.25, 0.3) is 0 Å². The van der Waals surface area contributed by atoms with Gasteiger partial charge in [-0.25, -0.2) is 4.79 Å². The second kappa shape index (κ2) is 7.23. The fourth-order valence-corrected chi connectivity index (χ4v) is 2.33. The molecule has 2 atom stereocenters. The number of carbonyl (C=O) groups is 3. The van der Waals surface area contributed by atoms with Gasteiger partial charge in [-0.1, -0.05) is 6.92 Å². The molecular formula is C13H22N2O5. The van der Waals surface area contributed by atoms with Gasteiger partial charge in [0.15, 0.2) is 0 Å². The molecule has 0 spiro atoms. The number of hydrogen-bond donors (Lipinski definition) is 3. The fourth-order valence-electron chi connectivity index (χ4n) is 2.33. The average Bonchev–Trinajstić information content (AvgIpc) is 2.92. The lowest BCUT2D eigenvalue weighted by Crippen LogP contribution is -2.49. The molecule has 1 saturated heterocycles. The van der Waals surface area contributed by atoms with Gasteiger partial charge in [0.1, 0.15) is 6.04 Å². The monoisotopic (exact) mass is 286 g/mol. The predicted molar refractivity (Wildman–Crippen MR) is 71.0 cm³/mol. The number of aliphatic carboxylic acids is 1. The second-order valence-corrected chi connectivity index (χ2v) is 5.04. The fraction of sp³-hybridized carbons (Fsp3) is 0.769. The zero-order chi connectivity index (χ0) is 15.2. The first-order chi connectivity index (χ1) is 9.45. The molecule has 7 nitrogen and oxygen atoms in total. The van der Waals surface area contributed by atoms with Crippen LogP contribution in [0.15, 0.2) is 0 Å². The minimum absolute atomic E-state index is 0.0287. The van der Waals surface area contributed by atoms with Crippen molar-refractivity contribution in [3.8, 4) is 0 Å². The summed E-state index contributed by atoms with van der Waals surface area (Å²) >= 11 is 0. The van der Waals surface area contributed by atoms with Crippen LogP contribution in [0, 0.1) is 5.41 Å². The number of nitrogens with one attached hydrogen (secondary N) is 2. The maximum Gasteiger partial charge on any atom is 0.326 e. The number of amides is 1. The average molecular weight is 286 g/mol. The normalized spacial score (nSPS) is 23.1. The lowest BCUT2D eigenvalue weighted by Gasteiger charge is -2.27. The minimum atomic E-state index is -1.14. The molecule has 1 aliphatic heterocycles. The number of hydrogen-bond acceptors (Lipinski definition) is 5. The summed E-state index contributed by atoms with van der Waals surface area (Å²) in [7, 11) is 1.24. The molecule has 114 valence electrons. The molecule has 20 heavy (non-hydrogen) atoms. The van der Waals surface area contributed by atoms with E-state index in [0.717, 1.165) is 6.54 Å². The molecule has 0 aromatic rings. The maximum absolute atomic E-state index is 12.3. The van der Waals surface area contributed by atoms with Crippen LogP contribution in [0.4, 0.5) is 0 Å². The number of methoxy groups -OCH3 is 1. The Balaban J connectivity index is 2.63. The van der Waals surface area contributed by atoms with Crippen LogP contribution in [-0.4, -0.2) is 49.2 Å². The van der Waals surface area contributed by atoms with E-state index in [9.17, 15) is 14.4 Å². The zero-order valence-corrected chi connectivity index (χ0v) is 11.9. The summed E-state index contributed by atoms with van der Waals surface area (Å²) in [6.07, 6.45) is 1.33. The van der Waals surface area contributed by atoms with Crippen LogP contribution < -0.4 is 10.6 Å². The van der Waals surface area contributed by atoms with Crippen molar-refractivity contribution >= 4 is 17.8 Å². The Morgan fingerprint density at radius 3 is 2.60 bits per heavy atom. The molecular weight excluding hydrogens is 264 g/mol. The summed E-state index contributed by atoms with van der Waals surface area (Å²) in [5.74, 6) is -1.89. The van der Waals surface area contributed by atoms with Gasteiger partial charge in [-0.2, -0.15) is 0 Å². The first-order valence-electron chi connectivity index (χ1n) is 6.76. The molecule has 1 amide bonds. The number of carboxylic acids is 1. The van der Waals surface area contributed by atoms with Gasteiger partial charge in [0.05, 0.1) is 12.5 Å². The summed E-state index contributed by atoms with van der Waals surface area (Å²) < 4.78 is 4.47. The largest absolute Gasteiger partial charge is 0.480 e. The van der Waals surface area contributed by atoms with Gasteiger partial charge in [-0.05, 0) is 25.8 Å². The standard InChI is InChI=1S/C13H22N2O5/c1-3-13(6-7-14-8-13)12(19)15-9(11(17)18)4-5-10(16)20-2/h9,14H,3-8H2,1-2H3,(H,15,19)(H,17,18)/t9-,13?/m0/s1. The molecule has 0 bridgehead atoms. The van der Waals surface area contributed by atoms with E-state index < -0.39 is 23.4 Å². The Labute approximate surface area is 118 Å². The molecule has 0 aromatic heterocycles. The van der Waals surface area contributed by atoms with Crippen molar-refractivity contribution in [2.45, 2.75) is 38.6 Å². The van der Waals surface area contributed by atoms with Gasteiger partial charge < -0.3 is 20.5 Å². The number of carbonyl (C=O) groups excluding carboxylic acids is 2. The maximum atomic E-state index is 12.3. The third-order valence-corrected chi connectivity index (χ3v) is 3.87. The van der Waals surface area contributed by atoms with Gasteiger partial charge in [0.25, 0.3) is 0 Å². The Kier molecular flexibility index (Phi) is 5.94. The van der Waals surface area contributed by atoms with Gasteiger partial charge in [-0.3, -0.25) is 9.59 Å². The Bertz CT molecular complexity index is 377. The van der Waals surface area contributed by atoms with Crippen molar-refractivity contribution in [2.75, 3.05) is 20.2 Å². The van der Waals surface area contributed by atoms with Crippen molar-refractivity contribution in [3.63, 3.8) is 0 Å². The minimum Gasteiger partial charge on any atom is -0.480 e. The van der Waals surface area contributed by atoms with E-state index in [0.29, 0.717) is 19.4 Å². The van der Waals surface area contributed by atoms with Crippen molar-refractivity contribution < 1.29 is 24.2 Å². The van der Waals surface area contributed by atoms with Gasteiger partial charge >= 0.3 is 11.9 Å². The smallest absolute Gasteiger partial charge is 0.326 e. The van der Waals surface area contributed by atoms with Gasteiger partial charge in [-0.15, -0.1) is 0 Å². The molecule has 3 N–H and O–H groups in total. The van der Waals surface area contributed by atoms with E-state index in [4.69, 9.17) is 5.11 Å². The molecule has 0 radical (unpaired) electrons. The summed E-state index contributed by atoms with van der Waals surface area (Å²) in [6, 6.07) is -1.06. The highest BCUT2D eigenvalue weighted by molar-refractivity contribution is 5.88. The third-order valence-electron chi connectivity index (χ3n) is 3.87. The van der Waals surface area contributed by atoms with Crippen LogP contribution in [-0.2, 0) is 19.1 Å². The van der Waals surface area contributed by atoms with E-state index in [2.05, 4.69) is 15.4 Å². The van der Waals surface area contributed by atoms with Crippen LogP contribution in [0.3, 0.4) is 0 Å². The Morgan fingerprint density at radius 1 is 1.45 bits per heavy atom. The first kappa shape index (κ1) is 16.4. The molecule has 0 aliphatic carbocycles. The Morgan fingerprint density at radius 2 is 2.15 bits per heavy atom. The van der Waals surface area contributed by atoms with E-state index in [1.807, 2.05) is 6.92 Å². The van der Waals surface area contributed by atoms with Crippen molar-refractivity contribution in [1.82, 2.24) is 10.6 Å². The van der Waals surface area contributed by atoms with Crippen molar-refractivity contribution in [3.05, 3.63) is 0 Å². The quantitative estimate of drug-likeness (QED) is 0.564. The lowest BCUT2D eigenvalue weighted by atomic mass is 9.83. The molecule has 0 aromatic carbocycles. The van der Waals surface area contributed by atoms with Crippen LogP contribution in [0.5, 0.6) is 0 Å². The number of carboxylic acid groups (broad SMARTS) is 1. The SMILES string of the molecule is CCC1(C(=O)N[C@@H](CCC(=O)OC)C(=O)O)CCNC1. The van der Waals surface area contributed by atoms with E-state index in [-0.39, 0.29) is 18.7 Å². The molecule has 1 fully saturated rings. The zero-order valence-electron chi connectivity index (χ0n) is 11.9. The summed E-state index contributed by atoms with van der Waals surface area (Å²) in [5.41, 5.74) is -0.543. The number of rotatable bonds is 7. The van der Waals surface area contributed by atoms with E-state index in [1.54, 1.807) is 0 Å². The summed E-state index contributed by atoms with van der Waals surface area (Å²) in [5, 5.41) is 14.8. The van der Waals surface area contributed by atoms with Crippen molar-refractivity contribution in [2.24, 2.45) is 5.41 Å². The number of esters is 1. The van der Waals surface area contributed by atoms with Gasteiger partial charge in [0, 0.05) is 13.0 Å². The van der Waals surface area contributed by atoms with Gasteiger partial charge in [0.2, 0.25) is 5.91 Å². The van der Waals surface area contributed by atoms with Crippen LogP contribution in [0.1, 0.15) is 32.6 Å². The highest BCUT2D eigenvalue weighted by atomic mass is 16.5. The summed E-state index contributed by atoms with van der Waals surface area (Å²) in [6.45, 7) is 3.22. The first-order valence-corrected chi connectivity index (χ1v) is 6.76. The van der Waals surface area contributed by atoms with Crippen molar-refractivity contribution in [1.29, 1.82) is 0 Å². The molecule has 1 unspecified atom stereocenters. The molecule has 1 aliphatic rings. The molecule has 1 heterocycles. The lowest BCUT2D eigenvalue weighted by molar-refractivity contribution is -0.145. The van der Waals surface area contributed by atoms with Crippen LogP contribution in [0.2, 0.25) is 0 Å². The highest BCUT2D eigenvalue weighted by Crippen LogP contribution is 2.29. The third kappa shape index (κ3) is 3.93. The molecule has 7 heteroatoms. The molecule has 1 rings (SSSR count). The number of ether oxygens (including phenoxy) is 1. The molecule has 0 saturated carbocycles.